The Balaban J connectivity index is 1.97. The maximum Gasteiger partial charge on any atom is 0.127 e. The van der Waals surface area contributed by atoms with E-state index in [1.807, 2.05) is 37.3 Å². The zero-order valence-corrected chi connectivity index (χ0v) is 13.4. The van der Waals surface area contributed by atoms with Crippen molar-refractivity contribution >= 4 is 0 Å². The Labute approximate surface area is 133 Å². The second-order valence-corrected chi connectivity index (χ2v) is 5.65. The predicted molar refractivity (Wildman–Crippen MR) is 92.7 cm³/mol. The largest absolute Gasteiger partial charge is 0.458 e. The van der Waals surface area contributed by atoms with Crippen LogP contribution >= 0.6 is 0 Å². The molecule has 1 aromatic carbocycles. The first-order valence-electron chi connectivity index (χ1n) is 7.91. The molecular formula is C19H26N2O. The van der Waals surface area contributed by atoms with Crippen molar-refractivity contribution in [1.29, 1.82) is 0 Å². The number of ether oxygens (including phenoxy) is 1. The highest BCUT2D eigenvalue weighted by atomic mass is 16.5. The van der Waals surface area contributed by atoms with E-state index < -0.39 is 0 Å². The van der Waals surface area contributed by atoms with Gasteiger partial charge in [-0.3, -0.25) is 4.90 Å². The summed E-state index contributed by atoms with van der Waals surface area (Å²) < 4.78 is 5.90. The van der Waals surface area contributed by atoms with Gasteiger partial charge in [0.1, 0.15) is 11.5 Å². The molecule has 0 aromatic heterocycles. The van der Waals surface area contributed by atoms with Gasteiger partial charge in [0.2, 0.25) is 0 Å². The molecule has 3 nitrogen and oxygen atoms in total. The van der Waals surface area contributed by atoms with Crippen LogP contribution < -0.4 is 10.5 Å². The minimum Gasteiger partial charge on any atom is -0.458 e. The first-order valence-corrected chi connectivity index (χ1v) is 7.91. The summed E-state index contributed by atoms with van der Waals surface area (Å²) >= 11 is 0. The maximum absolute atomic E-state index is 5.96. The number of hydrogen-bond acceptors (Lipinski definition) is 3. The Hall–Kier alpha value is -1.84. The normalized spacial score (nSPS) is 17.8. The van der Waals surface area contributed by atoms with E-state index in [0.717, 1.165) is 44.0 Å². The van der Waals surface area contributed by atoms with Crippen molar-refractivity contribution in [3.8, 4) is 5.75 Å². The zero-order chi connectivity index (χ0) is 15.8. The summed E-state index contributed by atoms with van der Waals surface area (Å²) in [5, 5.41) is 0. The number of likely N-dealkylation sites (tertiary alicyclic amines) is 1. The first kappa shape index (κ1) is 16.5. The van der Waals surface area contributed by atoms with Crippen LogP contribution in [0, 0.1) is 0 Å². The molecule has 0 radical (unpaired) electrons. The highest BCUT2D eigenvalue weighted by Crippen LogP contribution is 2.19. The van der Waals surface area contributed by atoms with E-state index in [1.165, 1.54) is 5.56 Å². The summed E-state index contributed by atoms with van der Waals surface area (Å²) in [5.74, 6) is 1.69. The lowest BCUT2D eigenvalue weighted by atomic mass is 10.1. The molecule has 1 aromatic rings. The summed E-state index contributed by atoms with van der Waals surface area (Å²) in [6.07, 6.45) is 9.64. The topological polar surface area (TPSA) is 38.5 Å². The second kappa shape index (κ2) is 8.57. The smallest absolute Gasteiger partial charge is 0.127 e. The van der Waals surface area contributed by atoms with Crippen molar-refractivity contribution < 1.29 is 4.74 Å². The predicted octanol–water partition coefficient (Wildman–Crippen LogP) is 3.63. The molecule has 2 rings (SSSR count). The lowest BCUT2D eigenvalue weighted by Gasteiger charge is -2.30. The quantitative estimate of drug-likeness (QED) is 0.644. The van der Waals surface area contributed by atoms with Crippen LogP contribution in [0.4, 0.5) is 0 Å². The van der Waals surface area contributed by atoms with E-state index in [0.29, 0.717) is 6.04 Å². The van der Waals surface area contributed by atoms with E-state index in [1.54, 1.807) is 6.08 Å². The SMILES string of the molecule is C=C/C=C\C(=C/C)Oc1cccc(CN2CCC(N)CC2)c1. The highest BCUT2D eigenvalue weighted by molar-refractivity contribution is 5.31. The van der Waals surface area contributed by atoms with Crippen LogP contribution in [-0.2, 0) is 6.54 Å². The summed E-state index contributed by atoms with van der Waals surface area (Å²) in [6, 6.07) is 8.67. The number of allylic oxidation sites excluding steroid dienone is 4. The van der Waals surface area contributed by atoms with Crippen molar-refractivity contribution in [3.05, 3.63) is 66.5 Å². The van der Waals surface area contributed by atoms with Crippen molar-refractivity contribution in [2.45, 2.75) is 32.4 Å². The molecule has 0 amide bonds. The van der Waals surface area contributed by atoms with Gasteiger partial charge in [-0.1, -0.05) is 30.9 Å². The highest BCUT2D eigenvalue weighted by Gasteiger charge is 2.16. The first-order chi connectivity index (χ1) is 10.7. The lowest BCUT2D eigenvalue weighted by Crippen LogP contribution is -2.39. The number of nitrogens with two attached hydrogens (primary N) is 1. The fourth-order valence-corrected chi connectivity index (χ4v) is 2.56. The molecule has 0 unspecified atom stereocenters. The average molecular weight is 298 g/mol. The van der Waals surface area contributed by atoms with Gasteiger partial charge in [0, 0.05) is 12.6 Å². The summed E-state index contributed by atoms with van der Waals surface area (Å²) in [4.78, 5) is 2.46. The van der Waals surface area contributed by atoms with Crippen molar-refractivity contribution in [1.82, 2.24) is 4.90 Å². The molecule has 2 N–H and O–H groups in total. The Morgan fingerprint density at radius 3 is 2.86 bits per heavy atom. The van der Waals surface area contributed by atoms with E-state index in [2.05, 4.69) is 23.6 Å². The molecule has 3 heteroatoms. The molecule has 0 saturated carbocycles. The van der Waals surface area contributed by atoms with E-state index >= 15 is 0 Å². The third-order valence-corrected chi connectivity index (χ3v) is 3.85. The lowest BCUT2D eigenvalue weighted by molar-refractivity contribution is 0.205. The van der Waals surface area contributed by atoms with Gasteiger partial charge in [-0.15, -0.1) is 0 Å². The molecule has 0 atom stereocenters. The Bertz CT molecular complexity index is 540. The third kappa shape index (κ3) is 5.17. The van der Waals surface area contributed by atoms with E-state index in [9.17, 15) is 0 Å². The molecule has 1 aliphatic heterocycles. The number of benzene rings is 1. The van der Waals surface area contributed by atoms with Crippen LogP contribution in [0.25, 0.3) is 0 Å². The molecular weight excluding hydrogens is 272 g/mol. The van der Waals surface area contributed by atoms with Crippen molar-refractivity contribution in [3.63, 3.8) is 0 Å². The van der Waals surface area contributed by atoms with Gasteiger partial charge in [0.15, 0.2) is 0 Å². The number of rotatable bonds is 6. The van der Waals surface area contributed by atoms with Crippen LogP contribution in [0.15, 0.2) is 60.9 Å². The fraction of sp³-hybridized carbons (Fsp3) is 0.368. The Kier molecular flexibility index (Phi) is 6.44. The maximum atomic E-state index is 5.96. The number of nitrogens with zero attached hydrogens (tertiary/aromatic N) is 1. The van der Waals surface area contributed by atoms with Crippen molar-refractivity contribution in [2.24, 2.45) is 5.73 Å². The van der Waals surface area contributed by atoms with Gasteiger partial charge in [-0.25, -0.2) is 0 Å². The minimum atomic E-state index is 0.375. The van der Waals surface area contributed by atoms with E-state index in [4.69, 9.17) is 10.5 Å². The molecule has 1 aliphatic rings. The van der Waals surface area contributed by atoms with Crippen LogP contribution in [0.2, 0.25) is 0 Å². The molecule has 1 heterocycles. The molecule has 1 fully saturated rings. The fourth-order valence-electron chi connectivity index (χ4n) is 2.56. The standard InChI is InChI=1S/C19H26N2O/c1-3-5-8-18(4-2)22-19-9-6-7-16(14-19)15-21-12-10-17(20)11-13-21/h3-9,14,17H,1,10-13,15,20H2,2H3/b8-5-,18-4+. The van der Waals surface area contributed by atoms with Gasteiger partial charge < -0.3 is 10.5 Å². The van der Waals surface area contributed by atoms with Gasteiger partial charge >= 0.3 is 0 Å². The molecule has 22 heavy (non-hydrogen) atoms. The Morgan fingerprint density at radius 1 is 1.41 bits per heavy atom. The minimum absolute atomic E-state index is 0.375. The molecule has 0 spiro atoms. The Morgan fingerprint density at radius 2 is 2.18 bits per heavy atom. The third-order valence-electron chi connectivity index (χ3n) is 3.85. The van der Waals surface area contributed by atoms with E-state index in [-0.39, 0.29) is 0 Å². The summed E-state index contributed by atoms with van der Waals surface area (Å²) in [7, 11) is 0. The summed E-state index contributed by atoms with van der Waals surface area (Å²) in [6.45, 7) is 8.75. The number of piperidine rings is 1. The number of hydrogen-bond donors (Lipinski definition) is 1. The van der Waals surface area contributed by atoms with Crippen LogP contribution in [-0.4, -0.2) is 24.0 Å². The van der Waals surface area contributed by atoms with Gasteiger partial charge in [-0.2, -0.15) is 0 Å². The molecule has 1 saturated heterocycles. The summed E-state index contributed by atoms with van der Waals surface area (Å²) in [5.41, 5.74) is 7.23. The molecule has 0 aliphatic carbocycles. The van der Waals surface area contributed by atoms with Crippen LogP contribution in [0.1, 0.15) is 25.3 Å². The molecule has 118 valence electrons. The molecule has 0 bridgehead atoms. The van der Waals surface area contributed by atoms with Crippen molar-refractivity contribution in [2.75, 3.05) is 13.1 Å². The van der Waals surface area contributed by atoms with Gasteiger partial charge in [0.05, 0.1) is 0 Å². The van der Waals surface area contributed by atoms with Crippen LogP contribution in [0.5, 0.6) is 5.75 Å². The van der Waals surface area contributed by atoms with Crippen LogP contribution in [0.3, 0.4) is 0 Å². The zero-order valence-electron chi connectivity index (χ0n) is 13.4. The van der Waals surface area contributed by atoms with Gasteiger partial charge in [0.25, 0.3) is 0 Å². The second-order valence-electron chi connectivity index (χ2n) is 5.65. The monoisotopic (exact) mass is 298 g/mol. The average Bonchev–Trinajstić information content (AvgIpc) is 2.54. The van der Waals surface area contributed by atoms with Gasteiger partial charge in [-0.05, 0) is 62.7 Å².